The highest BCUT2D eigenvalue weighted by molar-refractivity contribution is 5.97. The van der Waals surface area contributed by atoms with Crippen LogP contribution in [0, 0.1) is 5.92 Å². The minimum Gasteiger partial charge on any atom is -0.396 e. The van der Waals surface area contributed by atoms with Gasteiger partial charge in [-0.2, -0.15) is 0 Å². The van der Waals surface area contributed by atoms with Crippen LogP contribution in [-0.4, -0.2) is 45.6 Å². The van der Waals surface area contributed by atoms with Crippen LogP contribution in [0.3, 0.4) is 0 Å². The molecule has 1 unspecified atom stereocenters. The highest BCUT2D eigenvalue weighted by Crippen LogP contribution is 2.23. The molecule has 1 fully saturated rings. The maximum absolute atomic E-state index is 12.6. The number of rotatable bonds is 5. The molecule has 116 valence electrons. The molecule has 0 radical (unpaired) electrons. The summed E-state index contributed by atoms with van der Waals surface area (Å²) in [6.45, 7) is 5.46. The van der Waals surface area contributed by atoms with Crippen LogP contribution in [-0.2, 0) is 0 Å². The Balaban J connectivity index is 2.20. The number of carbonyl (C=O) groups is 1. The summed E-state index contributed by atoms with van der Waals surface area (Å²) in [5.41, 5.74) is 3.25. The maximum atomic E-state index is 12.6. The molecular weight excluding hydrogens is 270 g/mol. The summed E-state index contributed by atoms with van der Waals surface area (Å²) in [6.07, 6.45) is 3.20. The van der Waals surface area contributed by atoms with Gasteiger partial charge in [0.25, 0.3) is 5.91 Å². The minimum absolute atomic E-state index is 0.132. The number of hydrogen-bond acceptors (Lipinski definition) is 6. The number of aliphatic hydroxyl groups excluding tert-OH is 1. The van der Waals surface area contributed by atoms with Crippen LogP contribution < -0.4 is 11.3 Å². The molecule has 2 heterocycles. The molecule has 7 heteroatoms. The average Bonchev–Trinajstić information content (AvgIpc) is 2.94. The van der Waals surface area contributed by atoms with Gasteiger partial charge >= 0.3 is 0 Å². The van der Waals surface area contributed by atoms with Crippen molar-refractivity contribution in [1.82, 2.24) is 14.9 Å². The number of anilines is 1. The summed E-state index contributed by atoms with van der Waals surface area (Å²) in [4.78, 5) is 23.0. The lowest BCUT2D eigenvalue weighted by atomic mass is 10.1. The Bertz CT molecular complexity index is 506. The Morgan fingerprint density at radius 3 is 3.00 bits per heavy atom. The first kappa shape index (κ1) is 15.7. The number of hydrogen-bond donors (Lipinski definition) is 3. The molecule has 1 atom stereocenters. The van der Waals surface area contributed by atoms with Crippen LogP contribution in [0.1, 0.15) is 48.9 Å². The average molecular weight is 293 g/mol. The fourth-order valence-electron chi connectivity index (χ4n) is 2.53. The third-order valence-electron chi connectivity index (χ3n) is 3.79. The molecule has 0 spiro atoms. The second-order valence-corrected chi connectivity index (χ2v) is 5.71. The van der Waals surface area contributed by atoms with E-state index in [1.807, 2.05) is 13.8 Å². The van der Waals surface area contributed by atoms with Crippen molar-refractivity contribution in [3.8, 4) is 0 Å². The van der Waals surface area contributed by atoms with Crippen molar-refractivity contribution in [2.24, 2.45) is 11.8 Å². The number of hydrazine groups is 1. The Labute approximate surface area is 124 Å². The highest BCUT2D eigenvalue weighted by atomic mass is 16.3. The summed E-state index contributed by atoms with van der Waals surface area (Å²) < 4.78 is 0. The number of nitrogens with two attached hydrogens (primary N) is 1. The molecular formula is C14H23N5O2. The zero-order chi connectivity index (χ0) is 15.4. The van der Waals surface area contributed by atoms with E-state index in [2.05, 4.69) is 15.4 Å². The van der Waals surface area contributed by atoms with Gasteiger partial charge in [0.1, 0.15) is 5.82 Å². The number of carbonyl (C=O) groups excluding carboxylic acids is 1. The van der Waals surface area contributed by atoms with E-state index in [9.17, 15) is 4.79 Å². The van der Waals surface area contributed by atoms with Crippen molar-refractivity contribution in [3.05, 3.63) is 17.7 Å². The van der Waals surface area contributed by atoms with Crippen LogP contribution >= 0.6 is 0 Å². The van der Waals surface area contributed by atoms with Gasteiger partial charge in [-0.1, -0.05) is 13.8 Å². The maximum Gasteiger partial charge on any atom is 0.274 e. The first-order chi connectivity index (χ1) is 10.1. The predicted molar refractivity (Wildman–Crippen MR) is 79.6 cm³/mol. The second kappa shape index (κ2) is 6.82. The van der Waals surface area contributed by atoms with Crippen LogP contribution in [0.5, 0.6) is 0 Å². The molecule has 4 N–H and O–H groups in total. The molecule has 7 nitrogen and oxygen atoms in total. The smallest absolute Gasteiger partial charge is 0.274 e. The Kier molecular flexibility index (Phi) is 5.08. The van der Waals surface area contributed by atoms with Crippen molar-refractivity contribution < 1.29 is 9.90 Å². The molecule has 1 aromatic rings. The van der Waals surface area contributed by atoms with Gasteiger partial charge in [0.05, 0.1) is 11.9 Å². The van der Waals surface area contributed by atoms with E-state index in [1.165, 1.54) is 0 Å². The zero-order valence-electron chi connectivity index (χ0n) is 12.5. The summed E-state index contributed by atoms with van der Waals surface area (Å²) in [7, 11) is 0. The van der Waals surface area contributed by atoms with Crippen molar-refractivity contribution in [3.63, 3.8) is 0 Å². The largest absolute Gasteiger partial charge is 0.396 e. The van der Waals surface area contributed by atoms with Gasteiger partial charge in [-0.25, -0.2) is 9.97 Å². The molecule has 2 rings (SSSR count). The summed E-state index contributed by atoms with van der Waals surface area (Å²) >= 11 is 0. The quantitative estimate of drug-likeness (QED) is 0.546. The normalized spacial score (nSPS) is 18.3. The van der Waals surface area contributed by atoms with Gasteiger partial charge < -0.3 is 15.4 Å². The third-order valence-corrected chi connectivity index (χ3v) is 3.79. The Morgan fingerprint density at radius 2 is 2.38 bits per heavy atom. The molecule has 0 aliphatic carbocycles. The number of amides is 1. The van der Waals surface area contributed by atoms with E-state index in [0.29, 0.717) is 36.2 Å². The number of nitrogens with one attached hydrogen (secondary N) is 1. The summed E-state index contributed by atoms with van der Waals surface area (Å²) in [5, 5.41) is 9.00. The molecule has 0 bridgehead atoms. The fraction of sp³-hybridized carbons (Fsp3) is 0.643. The first-order valence-electron chi connectivity index (χ1n) is 7.30. The zero-order valence-corrected chi connectivity index (χ0v) is 12.5. The van der Waals surface area contributed by atoms with E-state index in [0.717, 1.165) is 12.8 Å². The van der Waals surface area contributed by atoms with Crippen molar-refractivity contribution in [2.45, 2.75) is 32.6 Å². The standard InChI is InChI=1S/C14H23N5O2/c1-9(2)13-16-7-11(18-15)12(17-13)14(21)19-5-3-10(8-19)4-6-20/h7,9-10,18,20H,3-6,8,15H2,1-2H3. The molecule has 1 aromatic heterocycles. The lowest BCUT2D eigenvalue weighted by molar-refractivity contribution is 0.0779. The number of aromatic nitrogens is 2. The van der Waals surface area contributed by atoms with Gasteiger partial charge in [-0.05, 0) is 18.8 Å². The number of nitrogen functional groups attached to an aromatic ring is 1. The Hall–Kier alpha value is -1.73. The van der Waals surface area contributed by atoms with E-state index in [-0.39, 0.29) is 18.4 Å². The van der Waals surface area contributed by atoms with E-state index >= 15 is 0 Å². The first-order valence-corrected chi connectivity index (χ1v) is 7.30. The molecule has 1 amide bonds. The molecule has 0 saturated carbocycles. The van der Waals surface area contributed by atoms with E-state index in [4.69, 9.17) is 10.9 Å². The van der Waals surface area contributed by atoms with Crippen molar-refractivity contribution >= 4 is 11.6 Å². The lowest BCUT2D eigenvalue weighted by Gasteiger charge is -2.18. The summed E-state index contributed by atoms with van der Waals surface area (Å²) in [6, 6.07) is 0. The fourth-order valence-corrected chi connectivity index (χ4v) is 2.53. The van der Waals surface area contributed by atoms with Gasteiger partial charge in [0.15, 0.2) is 5.69 Å². The van der Waals surface area contributed by atoms with Crippen molar-refractivity contribution in [2.75, 3.05) is 25.1 Å². The number of nitrogens with zero attached hydrogens (tertiary/aromatic N) is 3. The van der Waals surface area contributed by atoms with Gasteiger partial charge in [0, 0.05) is 25.6 Å². The second-order valence-electron chi connectivity index (χ2n) is 5.71. The van der Waals surface area contributed by atoms with Crippen molar-refractivity contribution in [1.29, 1.82) is 0 Å². The SMILES string of the molecule is CC(C)c1ncc(NN)c(C(=O)N2CCC(CCO)C2)n1. The third kappa shape index (κ3) is 3.48. The van der Waals surface area contributed by atoms with Gasteiger partial charge in [-0.3, -0.25) is 10.6 Å². The number of aliphatic hydroxyl groups is 1. The van der Waals surface area contributed by atoms with Crippen LogP contribution in [0.25, 0.3) is 0 Å². The van der Waals surface area contributed by atoms with Crippen LogP contribution in [0.2, 0.25) is 0 Å². The molecule has 1 aliphatic rings. The summed E-state index contributed by atoms with van der Waals surface area (Å²) in [5.74, 6) is 6.45. The Morgan fingerprint density at radius 1 is 1.62 bits per heavy atom. The predicted octanol–water partition coefficient (Wildman–Crippen LogP) is 0.730. The van der Waals surface area contributed by atoms with E-state index < -0.39 is 0 Å². The molecule has 0 aromatic carbocycles. The van der Waals surface area contributed by atoms with E-state index in [1.54, 1.807) is 11.1 Å². The highest BCUT2D eigenvalue weighted by Gasteiger charge is 2.29. The van der Waals surface area contributed by atoms with Crippen LogP contribution in [0.4, 0.5) is 5.69 Å². The van der Waals surface area contributed by atoms with Crippen LogP contribution in [0.15, 0.2) is 6.20 Å². The van der Waals surface area contributed by atoms with Gasteiger partial charge in [-0.15, -0.1) is 0 Å². The molecule has 1 aliphatic heterocycles. The monoisotopic (exact) mass is 293 g/mol. The minimum atomic E-state index is -0.132. The van der Waals surface area contributed by atoms with Gasteiger partial charge in [0.2, 0.25) is 0 Å². The molecule has 1 saturated heterocycles. The number of likely N-dealkylation sites (tertiary alicyclic amines) is 1. The topological polar surface area (TPSA) is 104 Å². The molecule has 21 heavy (non-hydrogen) atoms. The lowest BCUT2D eigenvalue weighted by Crippen LogP contribution is -2.31.